The Kier molecular flexibility index (Phi) is 8.47. The van der Waals surface area contributed by atoms with E-state index in [-0.39, 0.29) is 29.4 Å². The molecule has 0 saturated carbocycles. The number of halogens is 4. The van der Waals surface area contributed by atoms with Gasteiger partial charge in [-0.15, -0.1) is 0 Å². The number of anilines is 2. The van der Waals surface area contributed by atoms with E-state index in [1.807, 2.05) is 0 Å². The Morgan fingerprint density at radius 2 is 1.70 bits per heavy atom. The highest BCUT2D eigenvalue weighted by Crippen LogP contribution is 2.31. The zero-order valence-electron chi connectivity index (χ0n) is 19.2. The van der Waals surface area contributed by atoms with Crippen LogP contribution in [0.5, 0.6) is 11.5 Å². The first-order valence-electron chi connectivity index (χ1n) is 10.6. The van der Waals surface area contributed by atoms with Crippen molar-refractivity contribution in [2.75, 3.05) is 24.4 Å². The molecule has 0 saturated heterocycles. The molecule has 0 unspecified atom stereocenters. The van der Waals surface area contributed by atoms with Crippen LogP contribution in [0.1, 0.15) is 11.1 Å². The summed E-state index contributed by atoms with van der Waals surface area (Å²) in [7, 11) is 1.35. The van der Waals surface area contributed by atoms with E-state index in [0.717, 1.165) is 18.2 Å². The second-order valence-corrected chi connectivity index (χ2v) is 7.46. The van der Waals surface area contributed by atoms with Crippen LogP contribution in [0.4, 0.5) is 28.9 Å². The molecule has 0 atom stereocenters. The van der Waals surface area contributed by atoms with E-state index in [9.17, 15) is 32.4 Å². The number of benzene rings is 3. The average Bonchev–Trinajstić information content (AvgIpc) is 2.87. The first kappa shape index (κ1) is 26.7. The molecule has 0 aliphatic carbocycles. The summed E-state index contributed by atoms with van der Waals surface area (Å²) in [5.74, 6) is -1.46. The third-order valence-electron chi connectivity index (χ3n) is 4.80. The molecule has 0 aliphatic rings. The smallest absolute Gasteiger partial charge is 0.416 e. The highest BCUT2D eigenvalue weighted by Gasteiger charge is 2.30. The maximum absolute atomic E-state index is 13.0. The van der Waals surface area contributed by atoms with Gasteiger partial charge in [0.15, 0.2) is 18.1 Å². The molecule has 2 amide bonds. The number of nitrogens with zero attached hydrogens (tertiary/aromatic N) is 1. The van der Waals surface area contributed by atoms with E-state index in [1.165, 1.54) is 61.7 Å². The molecule has 7 nitrogen and oxygen atoms in total. The van der Waals surface area contributed by atoms with Crippen LogP contribution >= 0.6 is 0 Å². The van der Waals surface area contributed by atoms with Crippen LogP contribution in [0.2, 0.25) is 0 Å². The molecule has 11 heteroatoms. The third-order valence-corrected chi connectivity index (χ3v) is 4.80. The first-order valence-corrected chi connectivity index (χ1v) is 10.6. The number of nitrogens with one attached hydrogen (secondary N) is 2. The van der Waals surface area contributed by atoms with Gasteiger partial charge < -0.3 is 20.1 Å². The Morgan fingerprint density at radius 3 is 2.35 bits per heavy atom. The van der Waals surface area contributed by atoms with Gasteiger partial charge in [0.25, 0.3) is 11.8 Å². The van der Waals surface area contributed by atoms with Crippen molar-refractivity contribution in [3.8, 4) is 17.6 Å². The fourth-order valence-corrected chi connectivity index (χ4v) is 3.05. The Morgan fingerprint density at radius 1 is 0.973 bits per heavy atom. The van der Waals surface area contributed by atoms with E-state index < -0.39 is 29.4 Å². The van der Waals surface area contributed by atoms with Gasteiger partial charge in [-0.2, -0.15) is 18.4 Å². The predicted molar refractivity (Wildman–Crippen MR) is 127 cm³/mol. The van der Waals surface area contributed by atoms with Crippen LogP contribution in [-0.2, 0) is 15.8 Å². The predicted octanol–water partition coefficient (Wildman–Crippen LogP) is 5.42. The number of carbonyl (C=O) groups is 2. The second-order valence-electron chi connectivity index (χ2n) is 7.46. The van der Waals surface area contributed by atoms with Crippen molar-refractivity contribution in [3.05, 3.63) is 89.2 Å². The summed E-state index contributed by atoms with van der Waals surface area (Å²) in [6, 6.07) is 15.3. The van der Waals surface area contributed by atoms with Gasteiger partial charge >= 0.3 is 6.18 Å². The quantitative estimate of drug-likeness (QED) is 0.238. The Balaban J connectivity index is 1.69. The lowest BCUT2D eigenvalue weighted by Crippen LogP contribution is -2.20. The molecule has 190 valence electrons. The highest BCUT2D eigenvalue weighted by atomic mass is 19.4. The molecule has 0 spiro atoms. The summed E-state index contributed by atoms with van der Waals surface area (Å²) in [5, 5.41) is 14.2. The van der Waals surface area contributed by atoms with Crippen LogP contribution in [-0.4, -0.2) is 25.5 Å². The number of amides is 2. The number of rotatable bonds is 8. The maximum atomic E-state index is 13.0. The number of hydrogen-bond donors (Lipinski definition) is 2. The molecule has 3 aromatic rings. The number of carbonyl (C=O) groups excluding carboxylic acids is 2. The largest absolute Gasteiger partial charge is 0.493 e. The summed E-state index contributed by atoms with van der Waals surface area (Å²) < 4.78 is 62.4. The van der Waals surface area contributed by atoms with Crippen molar-refractivity contribution in [1.29, 1.82) is 5.26 Å². The maximum Gasteiger partial charge on any atom is 0.416 e. The summed E-state index contributed by atoms with van der Waals surface area (Å²) in [4.78, 5) is 24.6. The SMILES string of the molecule is COc1cc(/C=C(/C#N)C(=O)Nc2cccc(C(F)(F)F)c2)ccc1OCC(=O)Nc1ccc(F)cc1. The Labute approximate surface area is 208 Å². The van der Waals surface area contributed by atoms with Crippen LogP contribution in [0, 0.1) is 17.1 Å². The van der Waals surface area contributed by atoms with Gasteiger partial charge in [0, 0.05) is 11.4 Å². The van der Waals surface area contributed by atoms with E-state index in [2.05, 4.69) is 10.6 Å². The Hall–Kier alpha value is -4.85. The number of alkyl halides is 3. The molecule has 3 aromatic carbocycles. The van der Waals surface area contributed by atoms with Crippen molar-refractivity contribution in [2.45, 2.75) is 6.18 Å². The molecule has 3 rings (SSSR count). The van der Waals surface area contributed by atoms with Gasteiger partial charge in [-0.1, -0.05) is 12.1 Å². The molecule has 2 N–H and O–H groups in total. The van der Waals surface area contributed by atoms with Crippen molar-refractivity contribution in [2.24, 2.45) is 0 Å². The average molecular weight is 513 g/mol. The zero-order chi connectivity index (χ0) is 27.0. The van der Waals surface area contributed by atoms with Crippen LogP contribution in [0.25, 0.3) is 6.08 Å². The van der Waals surface area contributed by atoms with Gasteiger partial charge in [-0.3, -0.25) is 9.59 Å². The topological polar surface area (TPSA) is 100 Å². The number of methoxy groups -OCH3 is 1. The second kappa shape index (κ2) is 11.7. The molecule has 0 aliphatic heterocycles. The summed E-state index contributed by atoms with van der Waals surface area (Å²) in [5.41, 5.74) is -0.696. The van der Waals surface area contributed by atoms with Crippen molar-refractivity contribution >= 4 is 29.3 Å². The van der Waals surface area contributed by atoms with Crippen LogP contribution in [0.3, 0.4) is 0 Å². The fraction of sp³-hybridized carbons (Fsp3) is 0.115. The fourth-order valence-electron chi connectivity index (χ4n) is 3.05. The van der Waals surface area contributed by atoms with Gasteiger partial charge in [0.2, 0.25) is 0 Å². The summed E-state index contributed by atoms with van der Waals surface area (Å²) in [6.45, 7) is -0.383. The number of hydrogen-bond acceptors (Lipinski definition) is 5. The molecule has 0 fully saturated rings. The van der Waals surface area contributed by atoms with Crippen LogP contribution < -0.4 is 20.1 Å². The normalized spacial score (nSPS) is 11.3. The first-order chi connectivity index (χ1) is 17.6. The van der Waals surface area contributed by atoms with Crippen molar-refractivity contribution in [1.82, 2.24) is 0 Å². The lowest BCUT2D eigenvalue weighted by Gasteiger charge is -2.12. The minimum absolute atomic E-state index is 0.124. The standard InChI is InChI=1S/C26H19F4N3O4/c1-36-23-12-16(5-10-22(23)37-15-24(34)32-20-8-6-19(27)7-9-20)11-17(14-31)25(35)33-21-4-2-3-18(13-21)26(28,29)30/h2-13H,15H2,1H3,(H,32,34)(H,33,35)/b17-11-. The molecule has 0 bridgehead atoms. The van der Waals surface area contributed by atoms with E-state index in [1.54, 1.807) is 6.07 Å². The monoisotopic (exact) mass is 513 g/mol. The lowest BCUT2D eigenvalue weighted by atomic mass is 10.1. The van der Waals surface area contributed by atoms with Crippen molar-refractivity contribution in [3.63, 3.8) is 0 Å². The van der Waals surface area contributed by atoms with Crippen LogP contribution in [0.15, 0.2) is 72.3 Å². The number of nitriles is 1. The van der Waals surface area contributed by atoms with E-state index in [0.29, 0.717) is 11.3 Å². The molecular formula is C26H19F4N3O4. The van der Waals surface area contributed by atoms with E-state index >= 15 is 0 Å². The number of ether oxygens (including phenoxy) is 2. The molecule has 0 radical (unpaired) electrons. The minimum atomic E-state index is -4.59. The molecule has 37 heavy (non-hydrogen) atoms. The molecule has 0 aromatic heterocycles. The van der Waals surface area contributed by atoms with Gasteiger partial charge in [-0.05, 0) is 66.2 Å². The van der Waals surface area contributed by atoms with Gasteiger partial charge in [-0.25, -0.2) is 4.39 Å². The highest BCUT2D eigenvalue weighted by molar-refractivity contribution is 6.09. The minimum Gasteiger partial charge on any atom is -0.493 e. The van der Waals surface area contributed by atoms with Crippen molar-refractivity contribution < 1.29 is 36.6 Å². The van der Waals surface area contributed by atoms with Gasteiger partial charge in [0.05, 0.1) is 12.7 Å². The molecular weight excluding hydrogens is 494 g/mol. The van der Waals surface area contributed by atoms with Gasteiger partial charge in [0.1, 0.15) is 17.5 Å². The van der Waals surface area contributed by atoms with E-state index in [4.69, 9.17) is 9.47 Å². The lowest BCUT2D eigenvalue weighted by molar-refractivity contribution is -0.137. The summed E-state index contributed by atoms with van der Waals surface area (Å²) in [6.07, 6.45) is -3.37. The summed E-state index contributed by atoms with van der Waals surface area (Å²) >= 11 is 0. The Bertz CT molecular complexity index is 1360. The third kappa shape index (κ3) is 7.57. The zero-order valence-corrected chi connectivity index (χ0v) is 19.2. The molecule has 0 heterocycles.